The van der Waals surface area contributed by atoms with E-state index in [-0.39, 0.29) is 16.7 Å². The molecule has 0 unspecified atom stereocenters. The SMILES string of the molecule is COc1cc(C)c(OC)c(Nc2nc3ccccc3nc2NS(=O)(=O)c2cn(C)cn2)c1. The Hall–Kier alpha value is -3.86. The van der Waals surface area contributed by atoms with Crippen molar-refractivity contribution in [2.24, 2.45) is 7.05 Å². The number of anilines is 3. The highest BCUT2D eigenvalue weighted by Crippen LogP contribution is 2.36. The third kappa shape index (κ3) is 4.14. The molecule has 4 aromatic rings. The van der Waals surface area contributed by atoms with Gasteiger partial charge in [-0.3, -0.25) is 4.72 Å². The van der Waals surface area contributed by atoms with Crippen LogP contribution in [0.5, 0.6) is 11.5 Å². The summed E-state index contributed by atoms with van der Waals surface area (Å²) in [6.07, 6.45) is 2.81. The molecule has 0 aliphatic carbocycles. The van der Waals surface area contributed by atoms with Gasteiger partial charge in [0, 0.05) is 19.3 Å². The molecule has 0 atom stereocenters. The fourth-order valence-corrected chi connectivity index (χ4v) is 4.21. The molecule has 0 saturated heterocycles. The smallest absolute Gasteiger partial charge is 0.282 e. The van der Waals surface area contributed by atoms with Gasteiger partial charge in [-0.15, -0.1) is 0 Å². The summed E-state index contributed by atoms with van der Waals surface area (Å²) in [4.78, 5) is 13.0. The van der Waals surface area contributed by atoms with E-state index in [1.807, 2.05) is 19.1 Å². The molecule has 0 spiro atoms. The van der Waals surface area contributed by atoms with Gasteiger partial charge in [0.15, 0.2) is 16.7 Å². The van der Waals surface area contributed by atoms with Crippen LogP contribution in [0.2, 0.25) is 0 Å². The largest absolute Gasteiger partial charge is 0.497 e. The topological polar surface area (TPSA) is 120 Å². The predicted octanol–water partition coefficient (Wildman–Crippen LogP) is 3.23. The van der Waals surface area contributed by atoms with Gasteiger partial charge in [-0.1, -0.05) is 12.1 Å². The minimum Gasteiger partial charge on any atom is -0.497 e. The number of nitrogens with zero attached hydrogens (tertiary/aromatic N) is 4. The molecule has 0 fully saturated rings. The van der Waals surface area contributed by atoms with Crippen molar-refractivity contribution in [2.45, 2.75) is 11.9 Å². The Kier molecular flexibility index (Phi) is 5.57. The van der Waals surface area contributed by atoms with Crippen molar-refractivity contribution >= 4 is 38.4 Å². The number of aryl methyl sites for hydroxylation is 2. The summed E-state index contributed by atoms with van der Waals surface area (Å²) >= 11 is 0. The van der Waals surface area contributed by atoms with Crippen LogP contribution in [0, 0.1) is 6.92 Å². The number of sulfonamides is 1. The number of ether oxygens (including phenoxy) is 2. The highest BCUT2D eigenvalue weighted by molar-refractivity contribution is 7.92. The van der Waals surface area contributed by atoms with Crippen molar-refractivity contribution in [3.63, 3.8) is 0 Å². The Morgan fingerprint density at radius 2 is 1.69 bits per heavy atom. The molecule has 2 aromatic carbocycles. The van der Waals surface area contributed by atoms with Crippen LogP contribution in [-0.4, -0.2) is 42.2 Å². The van der Waals surface area contributed by atoms with Crippen molar-refractivity contribution in [3.05, 3.63) is 54.5 Å². The van der Waals surface area contributed by atoms with Crippen LogP contribution in [0.4, 0.5) is 17.3 Å². The number of aromatic nitrogens is 4. The number of hydrogen-bond donors (Lipinski definition) is 2. The maximum absolute atomic E-state index is 12.9. The van der Waals surface area contributed by atoms with E-state index in [0.29, 0.717) is 28.2 Å². The highest BCUT2D eigenvalue weighted by atomic mass is 32.2. The van der Waals surface area contributed by atoms with Gasteiger partial charge in [0.25, 0.3) is 10.0 Å². The summed E-state index contributed by atoms with van der Waals surface area (Å²) < 4.78 is 40.7. The quantitative estimate of drug-likeness (QED) is 0.437. The summed E-state index contributed by atoms with van der Waals surface area (Å²) in [5, 5.41) is 3.02. The zero-order valence-electron chi connectivity index (χ0n) is 17.9. The van der Waals surface area contributed by atoms with E-state index < -0.39 is 10.0 Å². The molecule has 32 heavy (non-hydrogen) atoms. The first-order valence-corrected chi connectivity index (χ1v) is 11.1. The number of hydrogen-bond acceptors (Lipinski definition) is 8. The average Bonchev–Trinajstić information content (AvgIpc) is 3.21. The molecule has 10 nitrogen and oxygen atoms in total. The van der Waals surface area contributed by atoms with Gasteiger partial charge in [0.05, 0.1) is 37.3 Å². The Balaban J connectivity index is 1.83. The van der Waals surface area contributed by atoms with Crippen molar-refractivity contribution in [3.8, 4) is 11.5 Å². The van der Waals surface area contributed by atoms with E-state index in [1.165, 1.54) is 12.5 Å². The number of imidazole rings is 1. The van der Waals surface area contributed by atoms with Crippen molar-refractivity contribution in [1.29, 1.82) is 0 Å². The lowest BCUT2D eigenvalue weighted by Gasteiger charge is -2.17. The molecule has 0 aliphatic rings. The van der Waals surface area contributed by atoms with Gasteiger partial charge in [-0.05, 0) is 30.7 Å². The molecule has 0 amide bonds. The van der Waals surface area contributed by atoms with Gasteiger partial charge in [0.2, 0.25) is 0 Å². The van der Waals surface area contributed by atoms with E-state index >= 15 is 0 Å². The molecule has 2 N–H and O–H groups in total. The number of para-hydroxylation sites is 2. The lowest BCUT2D eigenvalue weighted by molar-refractivity contribution is 0.402. The molecule has 0 radical (unpaired) electrons. The van der Waals surface area contributed by atoms with E-state index in [4.69, 9.17) is 9.47 Å². The van der Waals surface area contributed by atoms with Crippen LogP contribution in [0.1, 0.15) is 5.56 Å². The van der Waals surface area contributed by atoms with E-state index in [9.17, 15) is 8.42 Å². The van der Waals surface area contributed by atoms with Crippen LogP contribution in [-0.2, 0) is 17.1 Å². The Labute approximate surface area is 185 Å². The maximum Gasteiger partial charge on any atom is 0.282 e. The molecule has 0 saturated carbocycles. The summed E-state index contributed by atoms with van der Waals surface area (Å²) in [5.74, 6) is 1.40. The molecule has 2 heterocycles. The van der Waals surface area contributed by atoms with Gasteiger partial charge < -0.3 is 19.4 Å². The standard InChI is InChI=1S/C21H22N6O4S/c1-13-9-14(30-3)10-17(19(13)31-4)25-20-21(24-16-8-6-5-7-15(16)23-20)26-32(28,29)18-11-27(2)12-22-18/h5-12H,1-4H3,(H,23,25)(H,24,26). The fraction of sp³-hybridized carbons (Fsp3) is 0.190. The first kappa shape index (κ1) is 21.4. The fourth-order valence-electron chi connectivity index (χ4n) is 3.22. The summed E-state index contributed by atoms with van der Waals surface area (Å²) in [6, 6.07) is 10.7. The molecule has 0 bridgehead atoms. The average molecular weight is 455 g/mol. The van der Waals surface area contributed by atoms with E-state index in [2.05, 4.69) is 25.0 Å². The third-order valence-electron chi connectivity index (χ3n) is 4.70. The molecule has 4 rings (SSSR count). The normalized spacial score (nSPS) is 11.4. The molecular weight excluding hydrogens is 432 g/mol. The van der Waals surface area contributed by atoms with Gasteiger partial charge in [-0.2, -0.15) is 8.42 Å². The number of fused-ring (bicyclic) bond motifs is 1. The number of rotatable bonds is 7. The molecule has 2 aromatic heterocycles. The predicted molar refractivity (Wildman–Crippen MR) is 121 cm³/mol. The maximum atomic E-state index is 12.9. The minimum atomic E-state index is -3.99. The van der Waals surface area contributed by atoms with E-state index in [1.54, 1.807) is 50.1 Å². The second-order valence-electron chi connectivity index (χ2n) is 7.04. The van der Waals surface area contributed by atoms with Gasteiger partial charge in [-0.25, -0.2) is 15.0 Å². The Morgan fingerprint density at radius 3 is 2.28 bits per heavy atom. The van der Waals surface area contributed by atoms with Gasteiger partial charge >= 0.3 is 0 Å². The minimum absolute atomic E-state index is 0.0249. The summed E-state index contributed by atoms with van der Waals surface area (Å²) in [7, 11) is 0.809. The molecular formula is C21H22N6O4S. The number of benzene rings is 2. The number of methoxy groups -OCH3 is 2. The van der Waals surface area contributed by atoms with Crippen molar-refractivity contribution < 1.29 is 17.9 Å². The van der Waals surface area contributed by atoms with Crippen LogP contribution in [0.25, 0.3) is 11.0 Å². The Morgan fingerprint density at radius 1 is 1.00 bits per heavy atom. The van der Waals surface area contributed by atoms with Crippen LogP contribution in [0.3, 0.4) is 0 Å². The van der Waals surface area contributed by atoms with Crippen LogP contribution < -0.4 is 19.5 Å². The monoisotopic (exact) mass is 454 g/mol. The zero-order valence-corrected chi connectivity index (χ0v) is 18.8. The summed E-state index contributed by atoms with van der Waals surface area (Å²) in [6.45, 7) is 1.88. The molecule has 0 aliphatic heterocycles. The Bertz CT molecular complexity index is 1400. The van der Waals surface area contributed by atoms with Crippen LogP contribution in [0.15, 0.2) is 53.9 Å². The second-order valence-corrected chi connectivity index (χ2v) is 8.67. The van der Waals surface area contributed by atoms with Crippen LogP contribution >= 0.6 is 0 Å². The van der Waals surface area contributed by atoms with Gasteiger partial charge in [0.1, 0.15) is 11.5 Å². The number of nitrogens with one attached hydrogen (secondary N) is 2. The molecule has 11 heteroatoms. The van der Waals surface area contributed by atoms with E-state index in [0.717, 1.165) is 5.56 Å². The third-order valence-corrected chi connectivity index (χ3v) is 5.92. The lowest BCUT2D eigenvalue weighted by Crippen LogP contribution is -2.16. The zero-order chi connectivity index (χ0) is 22.9. The van der Waals surface area contributed by atoms with Crippen molar-refractivity contribution in [1.82, 2.24) is 19.5 Å². The first-order valence-electron chi connectivity index (χ1n) is 9.58. The summed E-state index contributed by atoms with van der Waals surface area (Å²) in [5.41, 5.74) is 2.51. The molecule has 166 valence electrons. The second kappa shape index (κ2) is 8.35. The lowest BCUT2D eigenvalue weighted by atomic mass is 10.1. The van der Waals surface area contributed by atoms with Crippen molar-refractivity contribution in [2.75, 3.05) is 24.3 Å². The highest BCUT2D eigenvalue weighted by Gasteiger charge is 2.22. The first-order chi connectivity index (χ1) is 15.3.